The molecule has 21 heavy (non-hydrogen) atoms. The fourth-order valence-electron chi connectivity index (χ4n) is 1.94. The molecule has 0 bridgehead atoms. The first kappa shape index (κ1) is 17.4. The van der Waals surface area contributed by atoms with E-state index in [1.807, 2.05) is 12.1 Å². The monoisotopic (exact) mass is 293 g/mol. The molecule has 0 aliphatic rings. The minimum absolute atomic E-state index is 0.0236. The van der Waals surface area contributed by atoms with Crippen LogP contribution in [0.5, 0.6) is 0 Å². The van der Waals surface area contributed by atoms with E-state index in [9.17, 15) is 4.79 Å². The van der Waals surface area contributed by atoms with Gasteiger partial charge in [0.05, 0.1) is 11.9 Å². The quantitative estimate of drug-likeness (QED) is 0.609. The molecule has 1 rings (SSSR count). The van der Waals surface area contributed by atoms with Gasteiger partial charge in [0.15, 0.2) is 0 Å². The molecule has 1 aromatic rings. The zero-order valence-corrected chi connectivity index (χ0v) is 13.1. The molecule has 1 heterocycles. The molecule has 0 fully saturated rings. The fraction of sp³-hybridized carbons (Fsp3) is 0.600. The van der Waals surface area contributed by atoms with Crippen molar-refractivity contribution in [2.75, 3.05) is 43.4 Å². The van der Waals surface area contributed by atoms with Gasteiger partial charge in [0, 0.05) is 19.5 Å². The van der Waals surface area contributed by atoms with Crippen molar-refractivity contribution in [3.05, 3.63) is 18.3 Å². The number of carbonyl (C=O) groups excluding carboxylic acids is 1. The summed E-state index contributed by atoms with van der Waals surface area (Å²) in [4.78, 5) is 18.2. The number of likely N-dealkylation sites (N-methyl/N-ethyl adjacent to an activating group) is 1. The van der Waals surface area contributed by atoms with Gasteiger partial charge in [-0.15, -0.1) is 0 Å². The van der Waals surface area contributed by atoms with Crippen molar-refractivity contribution in [2.45, 2.75) is 26.7 Å². The number of anilines is 2. The Bertz CT molecular complexity index is 403. The van der Waals surface area contributed by atoms with Gasteiger partial charge < -0.3 is 21.3 Å². The molecule has 0 aliphatic carbocycles. The smallest absolute Gasteiger partial charge is 0.224 e. The van der Waals surface area contributed by atoms with Crippen molar-refractivity contribution in [3.63, 3.8) is 0 Å². The van der Waals surface area contributed by atoms with Crippen LogP contribution in [0.3, 0.4) is 0 Å². The van der Waals surface area contributed by atoms with Gasteiger partial charge in [0.1, 0.15) is 5.82 Å². The van der Waals surface area contributed by atoms with Crippen molar-refractivity contribution in [1.82, 2.24) is 9.88 Å². The summed E-state index contributed by atoms with van der Waals surface area (Å²) in [5.74, 6) is 0.798. The number of pyridine rings is 1. The molecule has 1 amide bonds. The van der Waals surface area contributed by atoms with Crippen molar-refractivity contribution < 1.29 is 4.79 Å². The third-order valence-corrected chi connectivity index (χ3v) is 3.28. The molecule has 0 unspecified atom stereocenters. The van der Waals surface area contributed by atoms with Crippen LogP contribution >= 0.6 is 0 Å². The second-order valence-electron chi connectivity index (χ2n) is 4.83. The Balaban J connectivity index is 2.34. The van der Waals surface area contributed by atoms with Crippen LogP contribution in [0.25, 0.3) is 0 Å². The van der Waals surface area contributed by atoms with Gasteiger partial charge in [-0.1, -0.05) is 13.8 Å². The highest BCUT2D eigenvalue weighted by atomic mass is 16.1. The topological polar surface area (TPSA) is 83.3 Å². The van der Waals surface area contributed by atoms with E-state index < -0.39 is 0 Å². The summed E-state index contributed by atoms with van der Waals surface area (Å²) >= 11 is 0. The molecular formula is C15H27N5O. The summed E-state index contributed by atoms with van der Waals surface area (Å²) < 4.78 is 0. The number of nitrogens with two attached hydrogens (primary N) is 1. The van der Waals surface area contributed by atoms with Crippen molar-refractivity contribution in [3.8, 4) is 0 Å². The molecule has 0 saturated heterocycles. The summed E-state index contributed by atoms with van der Waals surface area (Å²) in [7, 11) is 0. The van der Waals surface area contributed by atoms with Gasteiger partial charge >= 0.3 is 0 Å². The Morgan fingerprint density at radius 2 is 2.10 bits per heavy atom. The van der Waals surface area contributed by atoms with Gasteiger partial charge in [0.2, 0.25) is 5.91 Å². The third kappa shape index (κ3) is 7.06. The molecule has 0 aliphatic heterocycles. The van der Waals surface area contributed by atoms with E-state index in [0.29, 0.717) is 25.1 Å². The first-order chi connectivity index (χ1) is 10.2. The second kappa shape index (κ2) is 10.1. The van der Waals surface area contributed by atoms with E-state index in [-0.39, 0.29) is 5.91 Å². The van der Waals surface area contributed by atoms with Crippen LogP contribution in [-0.4, -0.2) is 48.5 Å². The number of hydrogen-bond donors (Lipinski definition) is 3. The molecule has 4 N–H and O–H groups in total. The van der Waals surface area contributed by atoms with Gasteiger partial charge in [-0.25, -0.2) is 4.98 Å². The Morgan fingerprint density at radius 1 is 1.33 bits per heavy atom. The van der Waals surface area contributed by atoms with Crippen LogP contribution in [0.15, 0.2) is 18.3 Å². The number of hydrogen-bond acceptors (Lipinski definition) is 5. The van der Waals surface area contributed by atoms with E-state index in [4.69, 9.17) is 5.73 Å². The normalized spacial score (nSPS) is 10.7. The van der Waals surface area contributed by atoms with Gasteiger partial charge in [-0.2, -0.15) is 0 Å². The fourth-order valence-corrected chi connectivity index (χ4v) is 1.94. The number of carbonyl (C=O) groups is 1. The van der Waals surface area contributed by atoms with E-state index >= 15 is 0 Å². The molecule has 0 spiro atoms. The van der Waals surface area contributed by atoms with Gasteiger partial charge in [-0.3, -0.25) is 4.79 Å². The highest BCUT2D eigenvalue weighted by molar-refractivity contribution is 5.90. The molecule has 0 atom stereocenters. The average molecular weight is 293 g/mol. The SMILES string of the molecule is CCN(CC)CCNc1ccc(NC(=O)CCCN)cn1. The van der Waals surface area contributed by atoms with Crippen molar-refractivity contribution >= 4 is 17.4 Å². The molecule has 0 aromatic carbocycles. The summed E-state index contributed by atoms with van der Waals surface area (Å²) in [6, 6.07) is 3.73. The van der Waals surface area contributed by atoms with Crippen LogP contribution < -0.4 is 16.4 Å². The maximum atomic E-state index is 11.6. The Kier molecular flexibility index (Phi) is 8.38. The lowest BCUT2D eigenvalue weighted by atomic mass is 10.3. The summed E-state index contributed by atoms with van der Waals surface area (Å²) in [5.41, 5.74) is 6.09. The Hall–Kier alpha value is -1.66. The van der Waals surface area contributed by atoms with E-state index in [2.05, 4.69) is 34.4 Å². The minimum Gasteiger partial charge on any atom is -0.369 e. The van der Waals surface area contributed by atoms with E-state index in [1.165, 1.54) is 0 Å². The zero-order valence-electron chi connectivity index (χ0n) is 13.1. The third-order valence-electron chi connectivity index (χ3n) is 3.28. The largest absolute Gasteiger partial charge is 0.369 e. The number of aromatic nitrogens is 1. The highest BCUT2D eigenvalue weighted by Gasteiger charge is 2.03. The molecule has 0 saturated carbocycles. The molecular weight excluding hydrogens is 266 g/mol. The summed E-state index contributed by atoms with van der Waals surface area (Å²) in [6.07, 6.45) is 2.81. The zero-order chi connectivity index (χ0) is 15.5. The number of nitrogens with zero attached hydrogens (tertiary/aromatic N) is 2. The van der Waals surface area contributed by atoms with Gasteiger partial charge in [-0.05, 0) is 38.2 Å². The first-order valence-corrected chi connectivity index (χ1v) is 7.61. The molecule has 6 nitrogen and oxygen atoms in total. The van der Waals surface area contributed by atoms with Crippen molar-refractivity contribution in [2.24, 2.45) is 5.73 Å². The first-order valence-electron chi connectivity index (χ1n) is 7.61. The molecule has 0 radical (unpaired) electrons. The standard InChI is InChI=1S/C15H27N5O/c1-3-20(4-2)11-10-17-14-8-7-13(12-18-14)19-15(21)6-5-9-16/h7-8,12H,3-6,9-11,16H2,1-2H3,(H,17,18)(H,19,21). The molecule has 118 valence electrons. The molecule has 1 aromatic heterocycles. The maximum absolute atomic E-state index is 11.6. The second-order valence-corrected chi connectivity index (χ2v) is 4.83. The summed E-state index contributed by atoms with van der Waals surface area (Å²) in [5, 5.41) is 6.08. The Morgan fingerprint density at radius 3 is 2.67 bits per heavy atom. The van der Waals surface area contributed by atoms with Crippen molar-refractivity contribution in [1.29, 1.82) is 0 Å². The predicted octanol–water partition coefficient (Wildman–Crippen LogP) is 1.51. The van der Waals surface area contributed by atoms with E-state index in [0.717, 1.165) is 32.0 Å². The average Bonchev–Trinajstić information content (AvgIpc) is 2.51. The van der Waals surface area contributed by atoms with Gasteiger partial charge in [0.25, 0.3) is 0 Å². The predicted molar refractivity (Wildman–Crippen MR) is 87.4 cm³/mol. The number of amides is 1. The van der Waals surface area contributed by atoms with Crippen LogP contribution in [-0.2, 0) is 4.79 Å². The Labute approximate surface area is 127 Å². The minimum atomic E-state index is -0.0236. The lowest BCUT2D eigenvalue weighted by Crippen LogP contribution is -2.28. The summed E-state index contributed by atoms with van der Waals surface area (Å²) in [6.45, 7) is 8.80. The van der Waals surface area contributed by atoms with Crippen LogP contribution in [0, 0.1) is 0 Å². The highest BCUT2D eigenvalue weighted by Crippen LogP contribution is 2.10. The van der Waals surface area contributed by atoms with Crippen LogP contribution in [0.2, 0.25) is 0 Å². The maximum Gasteiger partial charge on any atom is 0.224 e. The lowest BCUT2D eigenvalue weighted by Gasteiger charge is -2.18. The number of nitrogens with one attached hydrogen (secondary N) is 2. The van der Waals surface area contributed by atoms with Crippen LogP contribution in [0.1, 0.15) is 26.7 Å². The van der Waals surface area contributed by atoms with Crippen LogP contribution in [0.4, 0.5) is 11.5 Å². The number of rotatable bonds is 10. The molecule has 6 heteroatoms. The lowest BCUT2D eigenvalue weighted by molar-refractivity contribution is -0.116. The van der Waals surface area contributed by atoms with E-state index in [1.54, 1.807) is 6.20 Å².